The zero-order chi connectivity index (χ0) is 4.28. The molecule has 1 N–H and O–H groups in total. The SMILES string of the molecule is CC(C)CO.Cl.[Zr]. The third kappa shape index (κ3) is 19.1. The van der Waals surface area contributed by atoms with Crippen LogP contribution in [0.5, 0.6) is 0 Å². The number of hydrogen-bond acceptors (Lipinski definition) is 1. The van der Waals surface area contributed by atoms with Crippen molar-refractivity contribution in [2.24, 2.45) is 5.92 Å². The van der Waals surface area contributed by atoms with Crippen LogP contribution < -0.4 is 0 Å². The first-order valence-electron chi connectivity index (χ1n) is 1.88. The molecule has 0 amide bonds. The van der Waals surface area contributed by atoms with Crippen molar-refractivity contribution in [3.63, 3.8) is 0 Å². The Hall–Kier alpha value is 1.13. The minimum atomic E-state index is 0. The maximum absolute atomic E-state index is 8.14. The molecule has 0 aromatic carbocycles. The molecular formula is C4H11ClOZr. The molecule has 0 rings (SSSR count). The van der Waals surface area contributed by atoms with Crippen molar-refractivity contribution in [3.8, 4) is 0 Å². The summed E-state index contributed by atoms with van der Waals surface area (Å²) in [6.45, 7) is 4.25. The minimum absolute atomic E-state index is 0. The Morgan fingerprint density at radius 1 is 1.43 bits per heavy atom. The quantitative estimate of drug-likeness (QED) is 0.673. The molecule has 0 saturated carbocycles. The molecule has 3 heteroatoms. The first kappa shape index (κ1) is 15.7. The van der Waals surface area contributed by atoms with E-state index in [1.807, 2.05) is 13.8 Å². The van der Waals surface area contributed by atoms with Gasteiger partial charge in [0.15, 0.2) is 0 Å². The number of aliphatic hydroxyl groups is 1. The van der Waals surface area contributed by atoms with Crippen LogP contribution in [0, 0.1) is 5.92 Å². The van der Waals surface area contributed by atoms with Crippen molar-refractivity contribution in [1.29, 1.82) is 0 Å². The Morgan fingerprint density at radius 3 is 1.57 bits per heavy atom. The predicted molar refractivity (Wildman–Crippen MR) is 29.2 cm³/mol. The Morgan fingerprint density at radius 2 is 1.57 bits per heavy atom. The van der Waals surface area contributed by atoms with E-state index in [0.29, 0.717) is 12.5 Å². The van der Waals surface area contributed by atoms with E-state index in [1.54, 1.807) is 0 Å². The van der Waals surface area contributed by atoms with Gasteiger partial charge in [0.1, 0.15) is 0 Å². The van der Waals surface area contributed by atoms with Crippen LogP contribution in [-0.2, 0) is 26.2 Å². The smallest absolute Gasteiger partial charge is 0.0453 e. The van der Waals surface area contributed by atoms with E-state index in [9.17, 15) is 0 Å². The van der Waals surface area contributed by atoms with E-state index in [1.165, 1.54) is 0 Å². The van der Waals surface area contributed by atoms with Gasteiger partial charge in [0, 0.05) is 32.8 Å². The molecule has 0 radical (unpaired) electrons. The van der Waals surface area contributed by atoms with Crippen molar-refractivity contribution in [1.82, 2.24) is 0 Å². The van der Waals surface area contributed by atoms with Gasteiger partial charge in [0.05, 0.1) is 0 Å². The average molecular weight is 202 g/mol. The molecule has 0 aromatic rings. The van der Waals surface area contributed by atoms with Crippen LogP contribution in [0.3, 0.4) is 0 Å². The number of aliphatic hydroxyl groups excluding tert-OH is 1. The van der Waals surface area contributed by atoms with E-state index in [0.717, 1.165) is 0 Å². The van der Waals surface area contributed by atoms with Gasteiger partial charge in [-0.15, -0.1) is 12.4 Å². The predicted octanol–water partition coefficient (Wildman–Crippen LogP) is 1.05. The van der Waals surface area contributed by atoms with Gasteiger partial charge in [-0.3, -0.25) is 0 Å². The molecule has 0 aliphatic heterocycles. The van der Waals surface area contributed by atoms with Crippen LogP contribution in [0.15, 0.2) is 0 Å². The molecule has 0 fully saturated rings. The van der Waals surface area contributed by atoms with Crippen molar-refractivity contribution in [2.45, 2.75) is 13.8 Å². The third-order valence-electron chi connectivity index (χ3n) is 0.365. The fourth-order valence-electron chi connectivity index (χ4n) is 0. The van der Waals surface area contributed by atoms with Gasteiger partial charge in [-0.2, -0.15) is 0 Å². The van der Waals surface area contributed by atoms with Gasteiger partial charge >= 0.3 is 0 Å². The van der Waals surface area contributed by atoms with Gasteiger partial charge in [0.25, 0.3) is 0 Å². The van der Waals surface area contributed by atoms with Gasteiger partial charge in [-0.1, -0.05) is 13.8 Å². The number of halogens is 1. The summed E-state index contributed by atoms with van der Waals surface area (Å²) in [7, 11) is 0. The maximum Gasteiger partial charge on any atom is 0.0453 e. The van der Waals surface area contributed by atoms with Crippen LogP contribution in [-0.4, -0.2) is 11.7 Å². The van der Waals surface area contributed by atoms with Crippen molar-refractivity contribution in [2.75, 3.05) is 6.61 Å². The fraction of sp³-hybridized carbons (Fsp3) is 1.00. The van der Waals surface area contributed by atoms with Crippen LogP contribution in [0.4, 0.5) is 0 Å². The Balaban J connectivity index is -0.0000000800. The summed E-state index contributed by atoms with van der Waals surface area (Å²) in [5.41, 5.74) is 0. The van der Waals surface area contributed by atoms with E-state index in [4.69, 9.17) is 5.11 Å². The van der Waals surface area contributed by atoms with E-state index < -0.39 is 0 Å². The second kappa shape index (κ2) is 10.2. The standard InChI is InChI=1S/C4H10O.ClH.Zr/c1-4(2)3-5;;/h4-5H,3H2,1-2H3;1H;. The first-order valence-corrected chi connectivity index (χ1v) is 1.88. The second-order valence-corrected chi connectivity index (χ2v) is 1.58. The molecule has 0 bridgehead atoms. The van der Waals surface area contributed by atoms with Gasteiger partial charge < -0.3 is 5.11 Å². The molecular weight excluding hydrogens is 191 g/mol. The summed E-state index contributed by atoms with van der Waals surface area (Å²) in [6, 6.07) is 0. The van der Waals surface area contributed by atoms with Crippen LogP contribution in [0.1, 0.15) is 13.8 Å². The topological polar surface area (TPSA) is 20.2 Å². The van der Waals surface area contributed by atoms with E-state index >= 15 is 0 Å². The summed E-state index contributed by atoms with van der Waals surface area (Å²) >= 11 is 0. The van der Waals surface area contributed by atoms with E-state index in [2.05, 4.69) is 0 Å². The molecule has 0 aliphatic carbocycles. The van der Waals surface area contributed by atoms with Crippen molar-refractivity contribution < 1.29 is 31.3 Å². The molecule has 0 spiro atoms. The molecule has 0 aromatic heterocycles. The average Bonchev–Trinajstić information content (AvgIpc) is 1.38. The molecule has 1 nitrogen and oxygen atoms in total. The molecule has 0 unspecified atom stereocenters. The van der Waals surface area contributed by atoms with Crippen molar-refractivity contribution in [3.05, 3.63) is 0 Å². The zero-order valence-corrected chi connectivity index (χ0v) is 7.91. The number of hydrogen-bond donors (Lipinski definition) is 1. The normalized spacial score (nSPS) is 6.86. The first-order chi connectivity index (χ1) is 2.27. The van der Waals surface area contributed by atoms with Crippen LogP contribution in [0.2, 0.25) is 0 Å². The summed E-state index contributed by atoms with van der Waals surface area (Å²) in [5.74, 6) is 0.440. The molecule has 0 aliphatic rings. The van der Waals surface area contributed by atoms with Crippen molar-refractivity contribution >= 4 is 12.4 Å². The van der Waals surface area contributed by atoms with E-state index in [-0.39, 0.29) is 38.6 Å². The largest absolute Gasteiger partial charge is 0.396 e. The maximum atomic E-state index is 8.14. The Kier molecular flexibility index (Phi) is 22.8. The monoisotopic (exact) mass is 200 g/mol. The fourth-order valence-corrected chi connectivity index (χ4v) is 0. The summed E-state index contributed by atoms with van der Waals surface area (Å²) in [5, 5.41) is 8.14. The molecule has 0 saturated heterocycles. The molecule has 0 atom stereocenters. The second-order valence-electron chi connectivity index (χ2n) is 1.58. The molecule has 44 valence electrons. The van der Waals surface area contributed by atoms with Crippen LogP contribution >= 0.6 is 12.4 Å². The molecule has 7 heavy (non-hydrogen) atoms. The Bertz CT molecular complexity index is 25.7. The van der Waals surface area contributed by atoms with Crippen LogP contribution in [0.25, 0.3) is 0 Å². The molecule has 0 heterocycles. The summed E-state index contributed by atoms with van der Waals surface area (Å²) < 4.78 is 0. The number of rotatable bonds is 1. The summed E-state index contributed by atoms with van der Waals surface area (Å²) in [4.78, 5) is 0. The summed E-state index contributed by atoms with van der Waals surface area (Å²) in [6.07, 6.45) is 0. The van der Waals surface area contributed by atoms with Gasteiger partial charge in [-0.25, -0.2) is 0 Å². The van der Waals surface area contributed by atoms with Gasteiger partial charge in [0.2, 0.25) is 0 Å². The Labute approximate surface area is 70.0 Å². The minimum Gasteiger partial charge on any atom is -0.396 e. The zero-order valence-electron chi connectivity index (χ0n) is 4.64. The third-order valence-corrected chi connectivity index (χ3v) is 0.365. The van der Waals surface area contributed by atoms with Gasteiger partial charge in [-0.05, 0) is 5.92 Å².